The van der Waals surface area contributed by atoms with Crippen LogP contribution in [0.15, 0.2) is 65.1 Å². The van der Waals surface area contributed by atoms with E-state index >= 15 is 0 Å². The van der Waals surface area contributed by atoms with Gasteiger partial charge in [-0.05, 0) is 17.7 Å². The molecule has 104 valence electrons. The Kier molecular flexibility index (Phi) is 4.02. The van der Waals surface area contributed by atoms with Crippen molar-refractivity contribution in [2.75, 3.05) is 5.43 Å². The molecule has 0 radical (unpaired) electrons. The Bertz CT molecular complexity index is 753. The zero-order valence-electron chi connectivity index (χ0n) is 11.0. The lowest BCUT2D eigenvalue weighted by Gasteiger charge is -1.96. The third kappa shape index (κ3) is 3.52. The maximum atomic E-state index is 13.0. The number of thiazole rings is 1. The quantitative estimate of drug-likeness (QED) is 0.572. The highest BCUT2D eigenvalue weighted by molar-refractivity contribution is 7.14. The molecule has 5 heteroatoms. The summed E-state index contributed by atoms with van der Waals surface area (Å²) in [6.45, 7) is 0. The maximum Gasteiger partial charge on any atom is 0.203 e. The molecule has 1 aromatic heterocycles. The molecular weight excluding hydrogens is 285 g/mol. The van der Waals surface area contributed by atoms with E-state index in [9.17, 15) is 4.39 Å². The molecule has 0 aliphatic heterocycles. The van der Waals surface area contributed by atoms with E-state index in [2.05, 4.69) is 15.5 Å². The topological polar surface area (TPSA) is 37.3 Å². The van der Waals surface area contributed by atoms with Gasteiger partial charge >= 0.3 is 0 Å². The van der Waals surface area contributed by atoms with Crippen molar-refractivity contribution in [2.24, 2.45) is 5.10 Å². The van der Waals surface area contributed by atoms with Crippen molar-refractivity contribution in [3.8, 4) is 11.3 Å². The highest BCUT2D eigenvalue weighted by Gasteiger charge is 2.02. The van der Waals surface area contributed by atoms with Crippen molar-refractivity contribution in [2.45, 2.75) is 0 Å². The van der Waals surface area contributed by atoms with Crippen LogP contribution in [0, 0.1) is 5.82 Å². The van der Waals surface area contributed by atoms with Crippen LogP contribution in [-0.2, 0) is 0 Å². The molecule has 0 saturated heterocycles. The van der Waals surface area contributed by atoms with Crippen LogP contribution in [0.4, 0.5) is 9.52 Å². The molecule has 3 rings (SSSR count). The van der Waals surface area contributed by atoms with Gasteiger partial charge in [0.15, 0.2) is 0 Å². The van der Waals surface area contributed by atoms with E-state index in [4.69, 9.17) is 0 Å². The number of nitrogens with zero attached hydrogens (tertiary/aromatic N) is 2. The molecule has 0 spiro atoms. The smallest absolute Gasteiger partial charge is 0.203 e. The van der Waals surface area contributed by atoms with Gasteiger partial charge in [-0.1, -0.05) is 42.5 Å². The number of hydrogen-bond donors (Lipinski definition) is 1. The third-order valence-corrected chi connectivity index (χ3v) is 3.54. The number of anilines is 1. The summed E-state index contributed by atoms with van der Waals surface area (Å²) < 4.78 is 13.0. The second-order valence-electron chi connectivity index (χ2n) is 4.33. The molecule has 3 nitrogen and oxygen atoms in total. The summed E-state index contributed by atoms with van der Waals surface area (Å²) in [6, 6.07) is 16.2. The average Bonchev–Trinajstić information content (AvgIpc) is 2.97. The molecule has 2 aromatic carbocycles. The van der Waals surface area contributed by atoms with Gasteiger partial charge in [0.2, 0.25) is 5.13 Å². The molecule has 0 atom stereocenters. The molecule has 0 amide bonds. The summed E-state index contributed by atoms with van der Waals surface area (Å²) in [5.74, 6) is -0.278. The molecule has 1 heterocycles. The van der Waals surface area contributed by atoms with Crippen LogP contribution in [0.5, 0.6) is 0 Å². The highest BCUT2D eigenvalue weighted by atomic mass is 32.1. The summed E-state index contributed by atoms with van der Waals surface area (Å²) in [7, 11) is 0. The van der Waals surface area contributed by atoms with Gasteiger partial charge in [-0.15, -0.1) is 11.3 Å². The largest absolute Gasteiger partial charge is 0.253 e. The first-order valence-electron chi connectivity index (χ1n) is 6.37. The lowest BCUT2D eigenvalue weighted by Crippen LogP contribution is -1.90. The molecule has 3 aromatic rings. The van der Waals surface area contributed by atoms with Crippen LogP contribution in [0.1, 0.15) is 5.56 Å². The summed E-state index contributed by atoms with van der Waals surface area (Å²) in [5.41, 5.74) is 5.53. The first-order chi connectivity index (χ1) is 10.3. The standard InChI is InChI=1S/C16H12FN3S/c17-14-8-4-5-12(9-14)10-18-20-16-19-15(11-21-16)13-6-2-1-3-7-13/h1-11H,(H,19,20). The normalized spacial score (nSPS) is 10.9. The SMILES string of the molecule is Fc1cccc(C=NNc2nc(-c3ccccc3)cs2)c1. The van der Waals surface area contributed by atoms with Crippen LogP contribution >= 0.6 is 11.3 Å². The molecule has 0 aliphatic rings. The Labute approximate surface area is 125 Å². The Balaban J connectivity index is 1.68. The monoisotopic (exact) mass is 297 g/mol. The number of rotatable bonds is 4. The number of benzene rings is 2. The van der Waals surface area contributed by atoms with E-state index in [0.717, 1.165) is 11.3 Å². The lowest BCUT2D eigenvalue weighted by molar-refractivity contribution is 0.627. The Morgan fingerprint density at radius 2 is 1.95 bits per heavy atom. The fraction of sp³-hybridized carbons (Fsp3) is 0. The first kappa shape index (κ1) is 13.5. The minimum Gasteiger partial charge on any atom is -0.253 e. The Morgan fingerprint density at radius 1 is 1.10 bits per heavy atom. The van der Waals surface area contributed by atoms with Crippen molar-refractivity contribution in [3.63, 3.8) is 0 Å². The molecular formula is C16H12FN3S. The summed E-state index contributed by atoms with van der Waals surface area (Å²) >= 11 is 1.47. The van der Waals surface area contributed by atoms with Crippen molar-refractivity contribution in [1.82, 2.24) is 4.98 Å². The first-order valence-corrected chi connectivity index (χ1v) is 7.25. The highest BCUT2D eigenvalue weighted by Crippen LogP contribution is 2.24. The number of nitrogens with one attached hydrogen (secondary N) is 1. The number of aromatic nitrogens is 1. The lowest BCUT2D eigenvalue weighted by atomic mass is 10.2. The zero-order chi connectivity index (χ0) is 14.5. The molecule has 0 unspecified atom stereocenters. The number of halogens is 1. The van der Waals surface area contributed by atoms with Crippen molar-refractivity contribution >= 4 is 22.7 Å². The second-order valence-corrected chi connectivity index (χ2v) is 5.19. The molecule has 0 saturated carbocycles. The van der Waals surface area contributed by atoms with E-state index in [1.807, 2.05) is 35.7 Å². The fourth-order valence-electron chi connectivity index (χ4n) is 1.82. The third-order valence-electron chi connectivity index (χ3n) is 2.80. The van der Waals surface area contributed by atoms with Gasteiger partial charge in [-0.25, -0.2) is 9.37 Å². The molecule has 0 fully saturated rings. The Morgan fingerprint density at radius 3 is 2.76 bits per heavy atom. The van der Waals surface area contributed by atoms with Crippen LogP contribution in [-0.4, -0.2) is 11.2 Å². The van der Waals surface area contributed by atoms with Crippen LogP contribution in [0.2, 0.25) is 0 Å². The van der Waals surface area contributed by atoms with E-state index < -0.39 is 0 Å². The number of hydrogen-bond acceptors (Lipinski definition) is 4. The average molecular weight is 297 g/mol. The Hall–Kier alpha value is -2.53. The minimum atomic E-state index is -0.278. The van der Waals surface area contributed by atoms with Gasteiger partial charge < -0.3 is 0 Å². The van der Waals surface area contributed by atoms with Crippen LogP contribution in [0.25, 0.3) is 11.3 Å². The van der Waals surface area contributed by atoms with Crippen LogP contribution in [0.3, 0.4) is 0 Å². The van der Waals surface area contributed by atoms with Crippen LogP contribution < -0.4 is 5.43 Å². The molecule has 0 aliphatic carbocycles. The summed E-state index contributed by atoms with van der Waals surface area (Å²) in [6.07, 6.45) is 1.56. The van der Waals surface area contributed by atoms with Gasteiger partial charge in [0.1, 0.15) is 5.82 Å². The zero-order valence-corrected chi connectivity index (χ0v) is 11.8. The van der Waals surface area contributed by atoms with E-state index in [0.29, 0.717) is 10.7 Å². The second kappa shape index (κ2) is 6.28. The van der Waals surface area contributed by atoms with E-state index in [-0.39, 0.29) is 5.82 Å². The van der Waals surface area contributed by atoms with Crippen molar-refractivity contribution in [3.05, 3.63) is 71.4 Å². The minimum absolute atomic E-state index is 0.278. The number of hydrazone groups is 1. The predicted octanol–water partition coefficient (Wildman–Crippen LogP) is 4.40. The van der Waals surface area contributed by atoms with Gasteiger partial charge in [0.05, 0.1) is 11.9 Å². The van der Waals surface area contributed by atoms with Gasteiger partial charge in [-0.2, -0.15) is 5.10 Å². The van der Waals surface area contributed by atoms with E-state index in [1.54, 1.807) is 18.3 Å². The molecule has 0 bridgehead atoms. The van der Waals surface area contributed by atoms with Crippen molar-refractivity contribution in [1.29, 1.82) is 0 Å². The molecule has 21 heavy (non-hydrogen) atoms. The fourth-order valence-corrected chi connectivity index (χ4v) is 2.48. The predicted molar refractivity (Wildman–Crippen MR) is 85.2 cm³/mol. The maximum absolute atomic E-state index is 13.0. The van der Waals surface area contributed by atoms with Gasteiger partial charge in [0, 0.05) is 10.9 Å². The summed E-state index contributed by atoms with van der Waals surface area (Å²) in [5, 5.41) is 6.73. The van der Waals surface area contributed by atoms with Gasteiger partial charge in [0.25, 0.3) is 0 Å². The van der Waals surface area contributed by atoms with E-state index in [1.165, 1.54) is 23.5 Å². The summed E-state index contributed by atoms with van der Waals surface area (Å²) in [4.78, 5) is 4.45. The molecule has 1 N–H and O–H groups in total. The van der Waals surface area contributed by atoms with Crippen molar-refractivity contribution < 1.29 is 4.39 Å². The van der Waals surface area contributed by atoms with Gasteiger partial charge in [-0.3, -0.25) is 5.43 Å².